The molecule has 0 bridgehead atoms. The number of sulfonamides is 1. The van der Waals surface area contributed by atoms with Crippen molar-refractivity contribution in [2.24, 2.45) is 0 Å². The molecule has 2 rings (SSSR count). The lowest BCUT2D eigenvalue weighted by Gasteiger charge is -2.34. The van der Waals surface area contributed by atoms with Crippen LogP contribution in [0.2, 0.25) is 0 Å². The predicted octanol–water partition coefficient (Wildman–Crippen LogP) is 0.988. The van der Waals surface area contributed by atoms with Crippen molar-refractivity contribution in [1.82, 2.24) is 4.72 Å². The van der Waals surface area contributed by atoms with Gasteiger partial charge in [0.05, 0.1) is 17.3 Å². The van der Waals surface area contributed by atoms with Gasteiger partial charge in [-0.25, -0.2) is 13.1 Å². The maximum absolute atomic E-state index is 12.4. The summed E-state index contributed by atoms with van der Waals surface area (Å²) in [5.74, 6) is 0. The average molecular weight is 295 g/mol. The van der Waals surface area contributed by atoms with Crippen LogP contribution in [-0.4, -0.2) is 27.2 Å². The highest BCUT2D eigenvalue weighted by Gasteiger charge is 2.33. The van der Waals surface area contributed by atoms with Crippen molar-refractivity contribution in [2.75, 3.05) is 18.9 Å². The predicted molar refractivity (Wildman–Crippen MR) is 74.3 cm³/mol. The molecule has 0 saturated carbocycles. The number of rotatable bonds is 3. The van der Waals surface area contributed by atoms with E-state index in [9.17, 15) is 8.42 Å². The number of hydrogen-bond acceptors (Lipinski definition) is 5. The van der Waals surface area contributed by atoms with Gasteiger partial charge in [0.25, 0.3) is 0 Å². The minimum absolute atomic E-state index is 0.00390. The molecular formula is C13H17N3O3S. The molecule has 20 heavy (non-hydrogen) atoms. The van der Waals surface area contributed by atoms with E-state index in [1.165, 1.54) is 18.2 Å². The highest BCUT2D eigenvalue weighted by atomic mass is 32.2. The molecule has 1 saturated heterocycles. The molecular weight excluding hydrogens is 278 g/mol. The Morgan fingerprint density at radius 3 is 2.60 bits per heavy atom. The first-order valence-corrected chi connectivity index (χ1v) is 7.76. The van der Waals surface area contributed by atoms with E-state index in [1.807, 2.05) is 13.0 Å². The zero-order valence-corrected chi connectivity index (χ0v) is 12.0. The normalized spacial score (nSPS) is 18.4. The smallest absolute Gasteiger partial charge is 0.243 e. The molecule has 7 heteroatoms. The third-order valence-electron chi connectivity index (χ3n) is 3.41. The van der Waals surface area contributed by atoms with E-state index in [-0.39, 0.29) is 10.6 Å². The molecule has 0 atom stereocenters. The van der Waals surface area contributed by atoms with Gasteiger partial charge in [-0.3, -0.25) is 0 Å². The minimum atomic E-state index is -3.71. The summed E-state index contributed by atoms with van der Waals surface area (Å²) in [6, 6.07) is 6.09. The van der Waals surface area contributed by atoms with Crippen LogP contribution in [0.1, 0.15) is 25.3 Å². The van der Waals surface area contributed by atoms with Crippen LogP contribution in [0.4, 0.5) is 5.69 Å². The van der Waals surface area contributed by atoms with Gasteiger partial charge in [0.15, 0.2) is 0 Å². The molecule has 0 spiro atoms. The molecule has 1 heterocycles. The van der Waals surface area contributed by atoms with Crippen LogP contribution < -0.4 is 10.5 Å². The number of ether oxygens (including phenoxy) is 1. The summed E-state index contributed by atoms with van der Waals surface area (Å²) in [5, 5.41) is 8.77. The summed E-state index contributed by atoms with van der Waals surface area (Å²) < 4.78 is 32.8. The Hall–Kier alpha value is -1.62. The van der Waals surface area contributed by atoms with E-state index in [0.717, 1.165) is 0 Å². The summed E-state index contributed by atoms with van der Waals surface area (Å²) in [7, 11) is -3.71. The highest BCUT2D eigenvalue weighted by Crippen LogP contribution is 2.25. The Labute approximate surface area is 118 Å². The van der Waals surface area contributed by atoms with Crippen molar-refractivity contribution >= 4 is 15.7 Å². The maximum atomic E-state index is 12.4. The van der Waals surface area contributed by atoms with E-state index >= 15 is 0 Å². The van der Waals surface area contributed by atoms with Crippen molar-refractivity contribution in [3.63, 3.8) is 0 Å². The van der Waals surface area contributed by atoms with Crippen molar-refractivity contribution < 1.29 is 13.2 Å². The zero-order valence-electron chi connectivity index (χ0n) is 11.2. The van der Waals surface area contributed by atoms with Gasteiger partial charge in [0, 0.05) is 18.8 Å². The number of hydrogen-bond donors (Lipinski definition) is 2. The number of nitrogens with two attached hydrogens (primary N) is 1. The fourth-order valence-electron chi connectivity index (χ4n) is 2.17. The molecule has 1 aromatic carbocycles. The lowest BCUT2D eigenvalue weighted by atomic mass is 9.94. The molecule has 0 aliphatic carbocycles. The van der Waals surface area contributed by atoms with Gasteiger partial charge in [0.1, 0.15) is 4.90 Å². The molecule has 108 valence electrons. The number of nitrogen functional groups attached to an aromatic ring is 1. The second-order valence-electron chi connectivity index (χ2n) is 5.14. The van der Waals surface area contributed by atoms with E-state index < -0.39 is 15.6 Å². The largest absolute Gasteiger partial charge is 0.398 e. The molecule has 0 aromatic heterocycles. The van der Waals surface area contributed by atoms with Crippen LogP contribution >= 0.6 is 0 Å². The highest BCUT2D eigenvalue weighted by molar-refractivity contribution is 7.89. The van der Waals surface area contributed by atoms with Gasteiger partial charge in [-0.05, 0) is 38.0 Å². The first-order chi connectivity index (χ1) is 9.36. The standard InChI is InChI=1S/C13H17N3O3S/c1-13(4-6-19-7-5-13)16-20(17,18)12-3-2-10(9-14)8-11(12)15/h2-3,8,16H,4-7,15H2,1H3. The van der Waals surface area contributed by atoms with Gasteiger partial charge in [-0.15, -0.1) is 0 Å². The molecule has 3 N–H and O–H groups in total. The maximum Gasteiger partial charge on any atom is 0.243 e. The quantitative estimate of drug-likeness (QED) is 0.809. The van der Waals surface area contributed by atoms with Crippen LogP contribution in [0.25, 0.3) is 0 Å². The van der Waals surface area contributed by atoms with Crippen molar-refractivity contribution in [3.8, 4) is 6.07 Å². The fourth-order valence-corrected chi connectivity index (χ4v) is 3.75. The summed E-state index contributed by atoms with van der Waals surface area (Å²) in [6.45, 7) is 2.91. The summed E-state index contributed by atoms with van der Waals surface area (Å²) >= 11 is 0. The molecule has 1 aromatic rings. The van der Waals surface area contributed by atoms with Crippen LogP contribution in [0.5, 0.6) is 0 Å². The van der Waals surface area contributed by atoms with Crippen molar-refractivity contribution in [2.45, 2.75) is 30.2 Å². The molecule has 0 radical (unpaired) electrons. The monoisotopic (exact) mass is 295 g/mol. The lowest BCUT2D eigenvalue weighted by molar-refractivity contribution is 0.0537. The topological polar surface area (TPSA) is 105 Å². The first-order valence-electron chi connectivity index (χ1n) is 6.28. The molecule has 1 aliphatic heterocycles. The van der Waals surface area contributed by atoms with Gasteiger partial charge in [-0.2, -0.15) is 5.26 Å². The Morgan fingerprint density at radius 1 is 1.40 bits per heavy atom. The molecule has 1 aliphatic rings. The fraction of sp³-hybridized carbons (Fsp3) is 0.462. The first kappa shape index (κ1) is 14.8. The third-order valence-corrected chi connectivity index (χ3v) is 5.12. The Kier molecular flexibility index (Phi) is 3.99. The molecule has 1 fully saturated rings. The molecule has 0 unspecified atom stereocenters. The Morgan fingerprint density at radius 2 is 2.05 bits per heavy atom. The average Bonchev–Trinajstić information content (AvgIpc) is 2.37. The number of nitrogens with one attached hydrogen (secondary N) is 1. The molecule has 0 amide bonds. The van der Waals surface area contributed by atoms with Crippen molar-refractivity contribution in [1.29, 1.82) is 5.26 Å². The summed E-state index contributed by atoms with van der Waals surface area (Å²) in [4.78, 5) is 0.00390. The SMILES string of the molecule is CC1(NS(=O)(=O)c2ccc(C#N)cc2N)CCOCC1. The van der Waals surface area contributed by atoms with Gasteiger partial charge < -0.3 is 10.5 Å². The third kappa shape index (κ3) is 3.10. The molecule has 6 nitrogen and oxygen atoms in total. The number of benzene rings is 1. The van der Waals surface area contributed by atoms with Crippen LogP contribution in [-0.2, 0) is 14.8 Å². The summed E-state index contributed by atoms with van der Waals surface area (Å²) in [5.41, 5.74) is 5.61. The lowest BCUT2D eigenvalue weighted by Crippen LogP contribution is -2.49. The van der Waals surface area contributed by atoms with E-state index in [0.29, 0.717) is 31.6 Å². The number of nitriles is 1. The van der Waals surface area contributed by atoms with Crippen molar-refractivity contribution in [3.05, 3.63) is 23.8 Å². The number of anilines is 1. The van der Waals surface area contributed by atoms with E-state index in [4.69, 9.17) is 15.7 Å². The minimum Gasteiger partial charge on any atom is -0.398 e. The number of nitrogens with zero attached hydrogens (tertiary/aromatic N) is 1. The zero-order chi connectivity index (χ0) is 14.8. The second kappa shape index (κ2) is 5.40. The van der Waals surface area contributed by atoms with Gasteiger partial charge >= 0.3 is 0 Å². The van der Waals surface area contributed by atoms with Crippen LogP contribution in [0, 0.1) is 11.3 Å². The summed E-state index contributed by atoms with van der Waals surface area (Å²) in [6.07, 6.45) is 1.23. The van der Waals surface area contributed by atoms with Crippen LogP contribution in [0.3, 0.4) is 0 Å². The van der Waals surface area contributed by atoms with E-state index in [2.05, 4.69) is 4.72 Å². The Balaban J connectivity index is 2.29. The Bertz CT molecular complexity index is 643. The van der Waals surface area contributed by atoms with Gasteiger partial charge in [-0.1, -0.05) is 0 Å². The van der Waals surface area contributed by atoms with E-state index in [1.54, 1.807) is 0 Å². The van der Waals surface area contributed by atoms with Crippen LogP contribution in [0.15, 0.2) is 23.1 Å². The second-order valence-corrected chi connectivity index (χ2v) is 6.79. The van der Waals surface area contributed by atoms with Gasteiger partial charge in [0.2, 0.25) is 10.0 Å².